The van der Waals surface area contributed by atoms with Crippen molar-refractivity contribution in [1.29, 1.82) is 0 Å². The van der Waals surface area contributed by atoms with Crippen molar-refractivity contribution in [3.05, 3.63) is 35.4 Å². The fourth-order valence-electron chi connectivity index (χ4n) is 2.50. The average Bonchev–Trinajstić information content (AvgIpc) is 3.24. The van der Waals surface area contributed by atoms with Crippen LogP contribution in [-0.4, -0.2) is 22.7 Å². The van der Waals surface area contributed by atoms with Crippen molar-refractivity contribution >= 4 is 17.8 Å². The summed E-state index contributed by atoms with van der Waals surface area (Å²) in [6.07, 6.45) is 2.02. The van der Waals surface area contributed by atoms with Gasteiger partial charge in [0.15, 0.2) is 0 Å². The SMILES string of the molecule is CCc1ccc(CN2C(=O)NC(=O)C3(CC3)C2=O)cc1. The zero-order valence-corrected chi connectivity index (χ0v) is 11.3. The molecule has 0 radical (unpaired) electrons. The minimum atomic E-state index is -0.961. The van der Waals surface area contributed by atoms with Crippen LogP contribution in [0.1, 0.15) is 30.9 Å². The molecule has 5 nitrogen and oxygen atoms in total. The zero-order valence-electron chi connectivity index (χ0n) is 11.3. The first-order valence-electron chi connectivity index (χ1n) is 6.82. The van der Waals surface area contributed by atoms with E-state index in [1.165, 1.54) is 5.56 Å². The van der Waals surface area contributed by atoms with Gasteiger partial charge in [-0.15, -0.1) is 0 Å². The van der Waals surface area contributed by atoms with Crippen LogP contribution in [-0.2, 0) is 22.6 Å². The molecule has 0 atom stereocenters. The van der Waals surface area contributed by atoms with Crippen molar-refractivity contribution < 1.29 is 14.4 Å². The number of nitrogens with zero attached hydrogens (tertiary/aromatic N) is 1. The van der Waals surface area contributed by atoms with Crippen LogP contribution in [0.4, 0.5) is 4.79 Å². The van der Waals surface area contributed by atoms with Crippen LogP contribution in [0.5, 0.6) is 0 Å². The molecule has 3 rings (SSSR count). The third-order valence-electron chi connectivity index (χ3n) is 4.08. The molecule has 2 fully saturated rings. The summed E-state index contributed by atoms with van der Waals surface area (Å²) in [6.45, 7) is 2.28. The second-order valence-electron chi connectivity index (χ2n) is 5.40. The highest BCUT2D eigenvalue weighted by Crippen LogP contribution is 2.49. The second-order valence-corrected chi connectivity index (χ2v) is 5.40. The summed E-state index contributed by atoms with van der Waals surface area (Å²) in [5.41, 5.74) is 1.13. The molecule has 1 aromatic rings. The highest BCUT2D eigenvalue weighted by Gasteiger charge is 2.62. The Balaban J connectivity index is 1.80. The molecular weight excluding hydrogens is 256 g/mol. The molecule has 0 unspecified atom stereocenters. The second kappa shape index (κ2) is 4.44. The molecule has 1 spiro atoms. The highest BCUT2D eigenvalue weighted by atomic mass is 16.2. The van der Waals surface area contributed by atoms with E-state index >= 15 is 0 Å². The molecule has 1 aliphatic heterocycles. The smallest absolute Gasteiger partial charge is 0.277 e. The standard InChI is InChI=1S/C15H16N2O3/c1-2-10-3-5-11(6-4-10)9-17-13(19)15(7-8-15)12(18)16-14(17)20/h3-6H,2,7-9H2,1H3,(H,16,18,20). The molecule has 1 saturated carbocycles. The molecule has 1 N–H and O–H groups in total. The Morgan fingerprint density at radius 3 is 2.25 bits per heavy atom. The van der Waals surface area contributed by atoms with Gasteiger partial charge in [-0.3, -0.25) is 19.8 Å². The lowest BCUT2D eigenvalue weighted by Crippen LogP contribution is -2.58. The predicted molar refractivity (Wildman–Crippen MR) is 71.6 cm³/mol. The Hall–Kier alpha value is -2.17. The third kappa shape index (κ3) is 1.90. The van der Waals surface area contributed by atoms with Gasteiger partial charge in [0, 0.05) is 0 Å². The number of urea groups is 1. The average molecular weight is 272 g/mol. The quantitative estimate of drug-likeness (QED) is 0.850. The summed E-state index contributed by atoms with van der Waals surface area (Å²) in [6, 6.07) is 7.18. The number of aryl methyl sites for hydroxylation is 1. The van der Waals surface area contributed by atoms with Gasteiger partial charge in [0.1, 0.15) is 5.41 Å². The van der Waals surface area contributed by atoms with E-state index in [2.05, 4.69) is 12.2 Å². The first-order valence-corrected chi connectivity index (χ1v) is 6.82. The maximum absolute atomic E-state index is 12.3. The molecule has 20 heavy (non-hydrogen) atoms. The lowest BCUT2D eigenvalue weighted by molar-refractivity contribution is -0.145. The van der Waals surface area contributed by atoms with E-state index in [0.717, 1.165) is 16.9 Å². The topological polar surface area (TPSA) is 66.5 Å². The van der Waals surface area contributed by atoms with Gasteiger partial charge >= 0.3 is 6.03 Å². The van der Waals surface area contributed by atoms with Crippen LogP contribution in [0, 0.1) is 5.41 Å². The van der Waals surface area contributed by atoms with Gasteiger partial charge in [-0.05, 0) is 30.4 Å². The van der Waals surface area contributed by atoms with E-state index in [9.17, 15) is 14.4 Å². The first kappa shape index (κ1) is 12.8. The monoisotopic (exact) mass is 272 g/mol. The number of carbonyl (C=O) groups excluding carboxylic acids is 3. The van der Waals surface area contributed by atoms with E-state index in [-0.39, 0.29) is 12.5 Å². The van der Waals surface area contributed by atoms with E-state index in [1.807, 2.05) is 24.3 Å². The molecule has 1 saturated heterocycles. The highest BCUT2D eigenvalue weighted by molar-refractivity contribution is 6.20. The number of imide groups is 2. The van der Waals surface area contributed by atoms with Crippen LogP contribution >= 0.6 is 0 Å². The van der Waals surface area contributed by atoms with Crippen molar-refractivity contribution in [3.8, 4) is 0 Å². The van der Waals surface area contributed by atoms with Crippen LogP contribution in [0.2, 0.25) is 0 Å². The lowest BCUT2D eigenvalue weighted by Gasteiger charge is -2.30. The summed E-state index contributed by atoms with van der Waals surface area (Å²) in [4.78, 5) is 37.0. The van der Waals surface area contributed by atoms with E-state index in [0.29, 0.717) is 12.8 Å². The number of carbonyl (C=O) groups is 3. The van der Waals surface area contributed by atoms with Crippen molar-refractivity contribution in [3.63, 3.8) is 0 Å². The summed E-state index contributed by atoms with van der Waals surface area (Å²) in [5.74, 6) is -0.795. The largest absolute Gasteiger partial charge is 0.331 e. The first-order chi connectivity index (χ1) is 9.56. The van der Waals surface area contributed by atoms with Crippen LogP contribution in [0.25, 0.3) is 0 Å². The number of hydrogen-bond acceptors (Lipinski definition) is 3. The summed E-state index contributed by atoms with van der Waals surface area (Å²) in [5, 5.41) is 2.28. The van der Waals surface area contributed by atoms with E-state index in [4.69, 9.17) is 0 Å². The van der Waals surface area contributed by atoms with Crippen molar-refractivity contribution in [2.45, 2.75) is 32.7 Å². The predicted octanol–water partition coefficient (Wildman–Crippen LogP) is 1.61. The molecule has 5 heteroatoms. The molecule has 0 aromatic heterocycles. The fraction of sp³-hybridized carbons (Fsp3) is 0.400. The summed E-state index contributed by atoms with van der Waals surface area (Å²) in [7, 11) is 0. The normalized spacial score (nSPS) is 20.2. The minimum absolute atomic E-state index is 0.212. The van der Waals surface area contributed by atoms with Crippen LogP contribution in [0.15, 0.2) is 24.3 Å². The molecule has 2 aliphatic rings. The molecule has 0 bridgehead atoms. The number of amides is 4. The molecule has 1 heterocycles. The lowest BCUT2D eigenvalue weighted by atomic mass is 10.0. The molecule has 1 aliphatic carbocycles. The van der Waals surface area contributed by atoms with Gasteiger partial charge in [-0.2, -0.15) is 0 Å². The van der Waals surface area contributed by atoms with Crippen molar-refractivity contribution in [2.75, 3.05) is 0 Å². The number of benzene rings is 1. The Labute approximate surface area is 116 Å². The maximum atomic E-state index is 12.3. The maximum Gasteiger partial charge on any atom is 0.331 e. The van der Waals surface area contributed by atoms with Gasteiger partial charge in [0.05, 0.1) is 6.54 Å². The Kier molecular flexibility index (Phi) is 2.85. The van der Waals surface area contributed by atoms with Gasteiger partial charge in [-0.1, -0.05) is 31.2 Å². The Bertz CT molecular complexity index is 588. The Morgan fingerprint density at radius 2 is 1.70 bits per heavy atom. The molecular formula is C15H16N2O3. The Morgan fingerprint density at radius 1 is 1.10 bits per heavy atom. The van der Waals surface area contributed by atoms with Gasteiger partial charge in [0.2, 0.25) is 11.8 Å². The zero-order chi connectivity index (χ0) is 14.3. The minimum Gasteiger partial charge on any atom is -0.277 e. The van der Waals surface area contributed by atoms with Gasteiger partial charge in [-0.25, -0.2) is 4.79 Å². The van der Waals surface area contributed by atoms with Gasteiger partial charge in [0.25, 0.3) is 0 Å². The van der Waals surface area contributed by atoms with Crippen LogP contribution in [0.3, 0.4) is 0 Å². The third-order valence-corrected chi connectivity index (χ3v) is 4.08. The van der Waals surface area contributed by atoms with E-state index in [1.54, 1.807) is 0 Å². The number of hydrogen-bond donors (Lipinski definition) is 1. The summed E-state index contributed by atoms with van der Waals surface area (Å²) >= 11 is 0. The molecule has 104 valence electrons. The molecule has 4 amide bonds. The number of barbiturate groups is 1. The summed E-state index contributed by atoms with van der Waals surface area (Å²) < 4.78 is 0. The molecule has 1 aromatic carbocycles. The van der Waals surface area contributed by atoms with E-state index < -0.39 is 17.4 Å². The van der Waals surface area contributed by atoms with Gasteiger partial charge < -0.3 is 0 Å². The van der Waals surface area contributed by atoms with Crippen molar-refractivity contribution in [1.82, 2.24) is 10.2 Å². The van der Waals surface area contributed by atoms with Crippen molar-refractivity contribution in [2.24, 2.45) is 5.41 Å². The fourth-order valence-corrected chi connectivity index (χ4v) is 2.50. The van der Waals surface area contributed by atoms with Crippen LogP contribution < -0.4 is 5.32 Å². The number of nitrogens with one attached hydrogen (secondary N) is 1. The number of rotatable bonds is 3.